The van der Waals surface area contributed by atoms with Crippen molar-refractivity contribution in [2.75, 3.05) is 13.2 Å². The third kappa shape index (κ3) is 3.74. The van der Waals surface area contributed by atoms with Gasteiger partial charge >= 0.3 is 0 Å². The summed E-state index contributed by atoms with van der Waals surface area (Å²) in [6.45, 7) is 8.94. The molecule has 8 nitrogen and oxygen atoms in total. The Morgan fingerprint density at radius 1 is 1.12 bits per heavy atom. The molecule has 0 saturated heterocycles. The molecule has 0 aliphatic carbocycles. The van der Waals surface area contributed by atoms with Gasteiger partial charge in [0.1, 0.15) is 17.8 Å². The van der Waals surface area contributed by atoms with Crippen LogP contribution in [0.5, 0.6) is 11.5 Å². The van der Waals surface area contributed by atoms with Crippen LogP contribution in [0.25, 0.3) is 5.95 Å². The predicted molar refractivity (Wildman–Crippen MR) is 98.4 cm³/mol. The lowest BCUT2D eigenvalue weighted by Crippen LogP contribution is -2.07. The van der Waals surface area contributed by atoms with Crippen molar-refractivity contribution in [1.29, 1.82) is 0 Å². The maximum atomic E-state index is 5.70. The van der Waals surface area contributed by atoms with Gasteiger partial charge in [-0.05, 0) is 45.9 Å². The highest BCUT2D eigenvalue weighted by Crippen LogP contribution is 2.24. The Labute approximate surface area is 152 Å². The Kier molecular flexibility index (Phi) is 5.31. The average Bonchev–Trinajstić information content (AvgIpc) is 3.20. The van der Waals surface area contributed by atoms with Crippen molar-refractivity contribution >= 4 is 6.21 Å². The van der Waals surface area contributed by atoms with Crippen LogP contribution in [0.3, 0.4) is 0 Å². The Bertz CT molecular complexity index is 912. The van der Waals surface area contributed by atoms with Gasteiger partial charge in [0, 0.05) is 17.3 Å². The maximum Gasteiger partial charge on any atom is 0.273 e. The quantitative estimate of drug-likeness (QED) is 0.610. The molecule has 2 aromatic heterocycles. The van der Waals surface area contributed by atoms with Crippen molar-refractivity contribution in [2.24, 2.45) is 5.10 Å². The van der Waals surface area contributed by atoms with Gasteiger partial charge in [-0.25, -0.2) is 4.68 Å². The molecule has 0 N–H and O–H groups in total. The minimum Gasteiger partial charge on any atom is -0.494 e. The van der Waals surface area contributed by atoms with Crippen LogP contribution < -0.4 is 9.47 Å². The Morgan fingerprint density at radius 2 is 1.92 bits per heavy atom. The van der Waals surface area contributed by atoms with E-state index in [0.29, 0.717) is 24.9 Å². The van der Waals surface area contributed by atoms with Gasteiger partial charge in [0.05, 0.1) is 25.1 Å². The highest BCUT2D eigenvalue weighted by molar-refractivity contribution is 5.83. The van der Waals surface area contributed by atoms with E-state index in [4.69, 9.17) is 9.47 Å². The number of aryl methyl sites for hydroxylation is 2. The molecule has 0 spiro atoms. The van der Waals surface area contributed by atoms with E-state index in [0.717, 1.165) is 22.7 Å². The topological polar surface area (TPSA) is 79.4 Å². The molecule has 0 aliphatic rings. The first-order valence-electron chi connectivity index (χ1n) is 8.50. The zero-order chi connectivity index (χ0) is 18.5. The van der Waals surface area contributed by atoms with Crippen molar-refractivity contribution in [2.45, 2.75) is 27.7 Å². The fourth-order valence-corrected chi connectivity index (χ4v) is 2.56. The molecule has 0 amide bonds. The van der Waals surface area contributed by atoms with Gasteiger partial charge in [-0.1, -0.05) is 0 Å². The van der Waals surface area contributed by atoms with Crippen molar-refractivity contribution in [3.8, 4) is 17.4 Å². The zero-order valence-electron chi connectivity index (χ0n) is 15.4. The highest BCUT2D eigenvalue weighted by atomic mass is 16.5. The smallest absolute Gasteiger partial charge is 0.273 e. The first kappa shape index (κ1) is 17.7. The van der Waals surface area contributed by atoms with E-state index in [1.165, 1.54) is 6.33 Å². The van der Waals surface area contributed by atoms with Crippen LogP contribution >= 0.6 is 0 Å². The maximum absolute atomic E-state index is 5.70. The van der Waals surface area contributed by atoms with E-state index in [1.54, 1.807) is 15.6 Å². The Morgan fingerprint density at radius 3 is 2.62 bits per heavy atom. The van der Waals surface area contributed by atoms with Gasteiger partial charge in [0.25, 0.3) is 5.95 Å². The number of rotatable bonds is 7. The summed E-state index contributed by atoms with van der Waals surface area (Å²) < 4.78 is 14.5. The number of nitrogens with zero attached hydrogens (tertiary/aromatic N) is 6. The van der Waals surface area contributed by atoms with E-state index < -0.39 is 0 Å². The van der Waals surface area contributed by atoms with Gasteiger partial charge in [0.2, 0.25) is 0 Å². The van der Waals surface area contributed by atoms with Gasteiger partial charge in [-0.3, -0.25) is 0 Å². The molecule has 26 heavy (non-hydrogen) atoms. The minimum atomic E-state index is 0.524. The van der Waals surface area contributed by atoms with E-state index >= 15 is 0 Å². The number of benzene rings is 1. The van der Waals surface area contributed by atoms with Crippen LogP contribution in [0.2, 0.25) is 0 Å². The molecule has 3 rings (SSSR count). The van der Waals surface area contributed by atoms with E-state index in [1.807, 2.05) is 52.0 Å². The number of hydrogen-bond donors (Lipinski definition) is 0. The molecule has 0 fully saturated rings. The molecule has 2 heterocycles. The van der Waals surface area contributed by atoms with Crippen molar-refractivity contribution in [3.05, 3.63) is 47.5 Å². The lowest BCUT2D eigenvalue weighted by Gasteiger charge is -2.10. The summed E-state index contributed by atoms with van der Waals surface area (Å²) in [6.07, 6.45) is 3.25. The molecule has 0 radical (unpaired) electrons. The second-order valence-corrected chi connectivity index (χ2v) is 5.62. The Balaban J connectivity index is 1.91. The molecular weight excluding hydrogens is 332 g/mol. The molecule has 0 atom stereocenters. The second-order valence-electron chi connectivity index (χ2n) is 5.62. The van der Waals surface area contributed by atoms with Crippen molar-refractivity contribution in [1.82, 2.24) is 24.7 Å². The van der Waals surface area contributed by atoms with Crippen LogP contribution in [-0.2, 0) is 0 Å². The first-order valence-corrected chi connectivity index (χ1v) is 8.50. The van der Waals surface area contributed by atoms with Crippen LogP contribution in [0.15, 0.2) is 35.7 Å². The van der Waals surface area contributed by atoms with Crippen LogP contribution in [0.4, 0.5) is 0 Å². The lowest BCUT2D eigenvalue weighted by molar-refractivity contribution is 0.323. The Hall–Kier alpha value is -3.16. The van der Waals surface area contributed by atoms with Crippen LogP contribution in [0.1, 0.15) is 30.8 Å². The minimum absolute atomic E-state index is 0.524. The van der Waals surface area contributed by atoms with Gasteiger partial charge in [-0.2, -0.15) is 14.9 Å². The average molecular weight is 354 g/mol. The van der Waals surface area contributed by atoms with Crippen LogP contribution in [0, 0.1) is 13.8 Å². The first-order chi connectivity index (χ1) is 12.6. The standard InChI is InChI=1S/C18H22N6O2/c1-5-25-16-8-7-15(17(10-16)26-6-2)11-20-23-12-19-21-18(23)24-14(4)9-13(3)22-24/h7-12H,5-6H2,1-4H3. The van der Waals surface area contributed by atoms with Crippen LogP contribution in [-0.4, -0.2) is 44.1 Å². The highest BCUT2D eigenvalue weighted by Gasteiger charge is 2.11. The van der Waals surface area contributed by atoms with E-state index in [9.17, 15) is 0 Å². The number of hydrogen-bond acceptors (Lipinski definition) is 6. The SMILES string of the molecule is CCOc1ccc(C=Nn2cnnc2-n2nc(C)cc2C)c(OCC)c1. The van der Waals surface area contributed by atoms with Crippen molar-refractivity contribution in [3.63, 3.8) is 0 Å². The largest absolute Gasteiger partial charge is 0.494 e. The molecule has 0 unspecified atom stereocenters. The third-order valence-corrected chi connectivity index (χ3v) is 3.63. The summed E-state index contributed by atoms with van der Waals surface area (Å²) >= 11 is 0. The fourth-order valence-electron chi connectivity index (χ4n) is 2.56. The summed E-state index contributed by atoms with van der Waals surface area (Å²) in [5.74, 6) is 2.00. The summed E-state index contributed by atoms with van der Waals surface area (Å²) in [5.41, 5.74) is 2.71. The monoisotopic (exact) mass is 354 g/mol. The van der Waals surface area contributed by atoms with E-state index in [-0.39, 0.29) is 0 Å². The van der Waals surface area contributed by atoms with Gasteiger partial charge in [0.15, 0.2) is 0 Å². The molecular formula is C18H22N6O2. The lowest BCUT2D eigenvalue weighted by atomic mass is 10.2. The van der Waals surface area contributed by atoms with Gasteiger partial charge < -0.3 is 9.47 Å². The fraction of sp³-hybridized carbons (Fsp3) is 0.333. The second kappa shape index (κ2) is 7.81. The third-order valence-electron chi connectivity index (χ3n) is 3.63. The molecule has 0 aliphatic heterocycles. The number of ether oxygens (including phenoxy) is 2. The summed E-state index contributed by atoms with van der Waals surface area (Å²) in [6, 6.07) is 7.64. The van der Waals surface area contributed by atoms with E-state index in [2.05, 4.69) is 20.4 Å². The molecule has 0 bridgehead atoms. The molecule has 8 heteroatoms. The van der Waals surface area contributed by atoms with Crippen molar-refractivity contribution < 1.29 is 9.47 Å². The zero-order valence-corrected chi connectivity index (χ0v) is 15.4. The summed E-state index contributed by atoms with van der Waals surface area (Å²) in [5, 5.41) is 17.0. The molecule has 136 valence electrons. The predicted octanol–water partition coefficient (Wildman–Crippen LogP) is 2.76. The summed E-state index contributed by atoms with van der Waals surface area (Å²) in [4.78, 5) is 0. The number of aromatic nitrogens is 5. The van der Waals surface area contributed by atoms with Gasteiger partial charge in [-0.15, -0.1) is 10.2 Å². The molecule has 1 aromatic carbocycles. The molecule has 3 aromatic rings. The molecule has 0 saturated carbocycles. The summed E-state index contributed by atoms with van der Waals surface area (Å²) in [7, 11) is 0. The normalized spacial score (nSPS) is 11.2.